The number of aromatic hydroxyl groups is 1. The fourth-order valence-electron chi connectivity index (χ4n) is 1.27. The number of rotatable bonds is 1. The van der Waals surface area contributed by atoms with Crippen molar-refractivity contribution >= 4 is 33.0 Å². The van der Waals surface area contributed by atoms with Crippen molar-refractivity contribution in [1.29, 1.82) is 0 Å². The Hall–Kier alpha value is -0.770. The number of phenolic OH excluding ortho intramolecular Hbond substituents is 1. The van der Waals surface area contributed by atoms with Crippen LogP contribution in [0.4, 0.5) is 0 Å². The quantitative estimate of drug-likeness (QED) is 0.767. The van der Waals surface area contributed by atoms with Crippen LogP contribution in [0, 0.1) is 0 Å². The molecular weight excluding hydrogens is 208 g/mol. The van der Waals surface area contributed by atoms with Crippen molar-refractivity contribution in [3.05, 3.63) is 28.1 Å². The van der Waals surface area contributed by atoms with Crippen LogP contribution in [-0.4, -0.2) is 10.2 Å². The summed E-state index contributed by atoms with van der Waals surface area (Å²) < 4.78 is 0.936. The normalized spacial score (nSPS) is 10.9. The lowest BCUT2D eigenvalue weighted by molar-refractivity contribution is 0.283. The van der Waals surface area contributed by atoms with Gasteiger partial charge < -0.3 is 10.2 Å². The largest absolute Gasteiger partial charge is 0.506 e. The first-order valence-electron chi connectivity index (χ1n) is 3.72. The van der Waals surface area contributed by atoms with Gasteiger partial charge in [-0.05, 0) is 23.1 Å². The van der Waals surface area contributed by atoms with E-state index in [4.69, 9.17) is 16.7 Å². The van der Waals surface area contributed by atoms with E-state index < -0.39 is 0 Å². The molecule has 2 aromatic rings. The number of aliphatic hydroxyl groups is 1. The molecule has 0 aliphatic carbocycles. The lowest BCUT2D eigenvalue weighted by Crippen LogP contribution is -1.79. The summed E-state index contributed by atoms with van der Waals surface area (Å²) in [4.78, 5) is 0. The Balaban J connectivity index is 2.85. The zero-order valence-corrected chi connectivity index (χ0v) is 8.19. The van der Waals surface area contributed by atoms with Gasteiger partial charge in [0.05, 0.1) is 11.6 Å². The number of phenols is 1. The molecule has 0 amide bonds. The smallest absolute Gasteiger partial charge is 0.143 e. The minimum atomic E-state index is -0.0755. The van der Waals surface area contributed by atoms with Gasteiger partial charge in [0.15, 0.2) is 0 Å². The fourth-order valence-corrected chi connectivity index (χ4v) is 2.38. The molecule has 4 heteroatoms. The van der Waals surface area contributed by atoms with Gasteiger partial charge in [-0.3, -0.25) is 0 Å². The second-order valence-corrected chi connectivity index (χ2v) is 4.01. The van der Waals surface area contributed by atoms with Crippen molar-refractivity contribution in [1.82, 2.24) is 0 Å². The van der Waals surface area contributed by atoms with Gasteiger partial charge in [-0.1, -0.05) is 11.6 Å². The Morgan fingerprint density at radius 2 is 2.15 bits per heavy atom. The van der Waals surface area contributed by atoms with Crippen molar-refractivity contribution < 1.29 is 10.2 Å². The highest BCUT2D eigenvalue weighted by Gasteiger charge is 2.10. The molecular formula is C9H7ClO2S. The maximum absolute atomic E-state index is 9.62. The monoisotopic (exact) mass is 214 g/mol. The van der Waals surface area contributed by atoms with E-state index in [9.17, 15) is 5.11 Å². The Labute approximate surface area is 84.0 Å². The Kier molecular flexibility index (Phi) is 2.15. The first kappa shape index (κ1) is 8.81. The van der Waals surface area contributed by atoms with E-state index in [2.05, 4.69) is 0 Å². The van der Waals surface area contributed by atoms with Crippen molar-refractivity contribution in [3.8, 4) is 5.75 Å². The standard InChI is InChI=1S/C9H7ClO2S/c10-6-1-2-7-8(9(6)12)5(3-11)4-13-7/h1-2,4,11-12H,3H2. The van der Waals surface area contributed by atoms with Gasteiger partial charge in [0.2, 0.25) is 0 Å². The minimum absolute atomic E-state index is 0.0597. The summed E-state index contributed by atoms with van der Waals surface area (Å²) in [5, 5.41) is 21.4. The van der Waals surface area contributed by atoms with Crippen LogP contribution in [0.1, 0.15) is 5.56 Å². The molecule has 0 fully saturated rings. The summed E-state index contributed by atoms with van der Waals surface area (Å²) in [5.74, 6) is 0.0597. The molecule has 13 heavy (non-hydrogen) atoms. The molecule has 0 saturated heterocycles. The summed E-state index contributed by atoms with van der Waals surface area (Å²) in [6.45, 7) is -0.0755. The Morgan fingerprint density at radius 3 is 2.85 bits per heavy atom. The number of hydrogen-bond donors (Lipinski definition) is 2. The first-order chi connectivity index (χ1) is 6.24. The minimum Gasteiger partial charge on any atom is -0.506 e. The van der Waals surface area contributed by atoms with Crippen LogP contribution in [-0.2, 0) is 6.61 Å². The fraction of sp³-hybridized carbons (Fsp3) is 0.111. The third kappa shape index (κ3) is 1.29. The summed E-state index contributed by atoms with van der Waals surface area (Å²) >= 11 is 7.23. The van der Waals surface area contributed by atoms with E-state index in [1.165, 1.54) is 11.3 Å². The second kappa shape index (κ2) is 3.18. The molecule has 2 N–H and O–H groups in total. The summed E-state index contributed by atoms with van der Waals surface area (Å²) in [7, 11) is 0. The molecule has 0 unspecified atom stereocenters. The number of halogens is 1. The van der Waals surface area contributed by atoms with Crippen LogP contribution in [0.2, 0.25) is 5.02 Å². The zero-order valence-electron chi connectivity index (χ0n) is 6.62. The highest BCUT2D eigenvalue weighted by Crippen LogP contribution is 2.37. The number of fused-ring (bicyclic) bond motifs is 1. The van der Waals surface area contributed by atoms with Crippen LogP contribution >= 0.6 is 22.9 Å². The van der Waals surface area contributed by atoms with E-state index in [1.54, 1.807) is 6.07 Å². The Bertz CT molecular complexity index is 450. The third-order valence-corrected chi connectivity index (χ3v) is 3.21. The van der Waals surface area contributed by atoms with E-state index in [0.717, 1.165) is 10.3 Å². The van der Waals surface area contributed by atoms with E-state index >= 15 is 0 Å². The van der Waals surface area contributed by atoms with Crippen LogP contribution in [0.25, 0.3) is 10.1 Å². The predicted octanol–water partition coefficient (Wildman–Crippen LogP) is 2.75. The summed E-state index contributed by atoms with van der Waals surface area (Å²) in [6.07, 6.45) is 0. The average Bonchev–Trinajstić information content (AvgIpc) is 2.55. The van der Waals surface area contributed by atoms with Crippen molar-refractivity contribution in [2.45, 2.75) is 6.61 Å². The molecule has 1 aromatic heterocycles. The molecule has 0 spiro atoms. The molecule has 0 atom stereocenters. The van der Waals surface area contributed by atoms with Gasteiger partial charge >= 0.3 is 0 Å². The van der Waals surface area contributed by atoms with Crippen molar-refractivity contribution in [2.75, 3.05) is 0 Å². The third-order valence-electron chi connectivity index (χ3n) is 1.91. The lowest BCUT2D eigenvalue weighted by atomic mass is 10.1. The number of hydrogen-bond acceptors (Lipinski definition) is 3. The topological polar surface area (TPSA) is 40.5 Å². The van der Waals surface area contributed by atoms with Crippen LogP contribution in [0.5, 0.6) is 5.75 Å². The van der Waals surface area contributed by atoms with Gasteiger partial charge in [-0.25, -0.2) is 0 Å². The molecule has 0 bridgehead atoms. The lowest BCUT2D eigenvalue weighted by Gasteiger charge is -1.99. The second-order valence-electron chi connectivity index (χ2n) is 2.69. The molecule has 2 nitrogen and oxygen atoms in total. The molecule has 0 saturated carbocycles. The maximum atomic E-state index is 9.62. The highest BCUT2D eigenvalue weighted by atomic mass is 35.5. The van der Waals surface area contributed by atoms with Crippen molar-refractivity contribution in [2.24, 2.45) is 0 Å². The highest BCUT2D eigenvalue weighted by molar-refractivity contribution is 7.17. The molecule has 68 valence electrons. The van der Waals surface area contributed by atoms with Gasteiger partial charge in [0, 0.05) is 10.1 Å². The predicted molar refractivity (Wildman–Crippen MR) is 54.4 cm³/mol. The average molecular weight is 215 g/mol. The molecule has 0 radical (unpaired) electrons. The first-order valence-corrected chi connectivity index (χ1v) is 4.98. The van der Waals surface area contributed by atoms with E-state index in [0.29, 0.717) is 10.4 Å². The molecule has 1 aromatic carbocycles. The van der Waals surface area contributed by atoms with Crippen molar-refractivity contribution in [3.63, 3.8) is 0 Å². The molecule has 0 aliphatic rings. The van der Waals surface area contributed by atoms with Gasteiger partial charge in [0.1, 0.15) is 5.75 Å². The SMILES string of the molecule is OCc1csc2ccc(Cl)c(O)c12. The van der Waals surface area contributed by atoms with Gasteiger partial charge in [-0.15, -0.1) is 11.3 Å². The zero-order chi connectivity index (χ0) is 9.42. The van der Waals surface area contributed by atoms with Gasteiger partial charge in [-0.2, -0.15) is 0 Å². The molecule has 2 rings (SSSR count). The number of aliphatic hydroxyl groups excluding tert-OH is 1. The van der Waals surface area contributed by atoms with E-state index in [1.807, 2.05) is 11.4 Å². The number of thiophene rings is 1. The maximum Gasteiger partial charge on any atom is 0.143 e. The summed E-state index contributed by atoms with van der Waals surface area (Å²) in [6, 6.07) is 3.48. The van der Waals surface area contributed by atoms with Crippen LogP contribution in [0.3, 0.4) is 0 Å². The van der Waals surface area contributed by atoms with Crippen LogP contribution in [0.15, 0.2) is 17.5 Å². The van der Waals surface area contributed by atoms with Gasteiger partial charge in [0.25, 0.3) is 0 Å². The van der Waals surface area contributed by atoms with Crippen LogP contribution < -0.4 is 0 Å². The molecule has 0 aliphatic heterocycles. The summed E-state index contributed by atoms with van der Waals surface area (Å²) in [5.41, 5.74) is 0.722. The molecule has 1 heterocycles. The van der Waals surface area contributed by atoms with E-state index in [-0.39, 0.29) is 12.4 Å². The Morgan fingerprint density at radius 1 is 1.38 bits per heavy atom. The number of benzene rings is 1.